The molecule has 0 aliphatic heterocycles. The SMILES string of the molecule is COc1ccc([C@H](Cc2c(Cl)c[n+](O)cc2Cl)c2cc(CNC3(C(=O)OCCN(C)C)CCc4ccccc43)sc2C(=O)[O-])cc1OC. The number of thiophene rings is 1. The van der Waals surface area contributed by atoms with Crippen LogP contribution in [0.1, 0.15) is 54.7 Å². The fraction of sp³-hybridized carbons (Fsp3) is 0.343. The maximum atomic E-state index is 13.7. The maximum Gasteiger partial charge on any atom is 0.331 e. The van der Waals surface area contributed by atoms with Crippen molar-refractivity contribution in [1.82, 2.24) is 10.2 Å². The Labute approximate surface area is 293 Å². The van der Waals surface area contributed by atoms with Gasteiger partial charge in [0.25, 0.3) is 0 Å². The van der Waals surface area contributed by atoms with Crippen LogP contribution in [0.4, 0.5) is 0 Å². The average molecular weight is 715 g/mol. The first-order valence-electron chi connectivity index (χ1n) is 15.3. The van der Waals surface area contributed by atoms with Gasteiger partial charge in [0.1, 0.15) is 22.2 Å². The van der Waals surface area contributed by atoms with Gasteiger partial charge >= 0.3 is 5.97 Å². The molecule has 1 unspecified atom stereocenters. The molecule has 2 aromatic carbocycles. The number of carboxylic acids is 1. The van der Waals surface area contributed by atoms with Crippen molar-refractivity contribution in [1.29, 1.82) is 0 Å². The summed E-state index contributed by atoms with van der Waals surface area (Å²) in [6.45, 7) is 1.01. The highest BCUT2D eigenvalue weighted by atomic mass is 35.5. The second kappa shape index (κ2) is 15.1. The summed E-state index contributed by atoms with van der Waals surface area (Å²) in [6.07, 6.45) is 4.01. The van der Waals surface area contributed by atoms with Crippen molar-refractivity contribution in [3.63, 3.8) is 0 Å². The first-order valence-corrected chi connectivity index (χ1v) is 16.8. The van der Waals surface area contributed by atoms with Crippen LogP contribution in [0.3, 0.4) is 0 Å². The number of likely N-dealkylation sites (N-methyl/N-ethyl adjacent to an activating group) is 1. The highest BCUT2D eigenvalue weighted by Crippen LogP contribution is 2.42. The normalized spacial score (nSPS) is 16.1. The zero-order chi connectivity index (χ0) is 34.6. The molecule has 0 bridgehead atoms. The van der Waals surface area contributed by atoms with E-state index >= 15 is 0 Å². The summed E-state index contributed by atoms with van der Waals surface area (Å²) in [6, 6.07) is 15.0. The molecule has 13 heteroatoms. The number of pyridine rings is 1. The number of halogens is 2. The van der Waals surface area contributed by atoms with Gasteiger partial charge in [-0.15, -0.1) is 11.3 Å². The van der Waals surface area contributed by atoms with Crippen molar-refractivity contribution < 1.29 is 38.8 Å². The number of methoxy groups -OCH3 is 2. The van der Waals surface area contributed by atoms with Crippen molar-refractivity contribution in [2.75, 3.05) is 41.5 Å². The summed E-state index contributed by atoms with van der Waals surface area (Å²) in [5.41, 5.74) is 2.53. The Morgan fingerprint density at radius 2 is 1.79 bits per heavy atom. The number of benzene rings is 2. The third-order valence-electron chi connectivity index (χ3n) is 8.59. The molecule has 0 amide bonds. The number of carboxylic acid groups (broad SMARTS) is 1. The van der Waals surface area contributed by atoms with Crippen LogP contribution in [-0.2, 0) is 34.5 Å². The quantitative estimate of drug-likeness (QED) is 0.111. The van der Waals surface area contributed by atoms with Crippen molar-refractivity contribution >= 4 is 46.5 Å². The van der Waals surface area contributed by atoms with E-state index in [1.165, 1.54) is 26.6 Å². The van der Waals surface area contributed by atoms with Gasteiger partial charge in [-0.1, -0.05) is 53.5 Å². The van der Waals surface area contributed by atoms with E-state index in [0.717, 1.165) is 27.2 Å². The van der Waals surface area contributed by atoms with Gasteiger partial charge in [-0.05, 0) is 73.8 Å². The number of nitrogens with one attached hydrogen (secondary N) is 1. The van der Waals surface area contributed by atoms with Gasteiger partial charge in [-0.2, -0.15) is 0 Å². The predicted molar refractivity (Wildman–Crippen MR) is 180 cm³/mol. The fourth-order valence-corrected chi connectivity index (χ4v) is 7.74. The standard InChI is InChI=1S/C35H37Cl2N3O7S/c1-39(2)13-14-47-34(43)35(12-11-21-7-5-6-8-27(21)35)38-18-23-16-25(32(48-23)33(41)42)24(17-26-28(36)19-40(44)20-29(26)37)22-9-10-30(45-3)31(15-22)46-4/h5-10,15-16,19-20,24,38H,11-14,17-18H2,1-4H3,(H-,41,42,44)/t24-,35?/m0/s1. The topological polar surface area (TPSA) is 124 Å². The van der Waals surface area contributed by atoms with Crippen LogP contribution in [0, 0.1) is 0 Å². The number of fused-ring (bicyclic) bond motifs is 1. The van der Waals surface area contributed by atoms with E-state index in [0.29, 0.717) is 52.5 Å². The van der Waals surface area contributed by atoms with Gasteiger partial charge in [0.05, 0.1) is 25.1 Å². The lowest BCUT2D eigenvalue weighted by atomic mass is 9.85. The summed E-state index contributed by atoms with van der Waals surface area (Å²) < 4.78 is 17.5. The van der Waals surface area contributed by atoms with E-state index in [9.17, 15) is 19.9 Å². The lowest BCUT2D eigenvalue weighted by molar-refractivity contribution is -0.904. The number of nitrogens with zero attached hydrogens (tertiary/aromatic N) is 2. The average Bonchev–Trinajstić information content (AvgIpc) is 3.66. The van der Waals surface area contributed by atoms with Crippen LogP contribution in [0.25, 0.3) is 0 Å². The molecular weight excluding hydrogens is 677 g/mol. The molecule has 2 atom stereocenters. The highest BCUT2D eigenvalue weighted by molar-refractivity contribution is 7.14. The zero-order valence-electron chi connectivity index (χ0n) is 27.0. The Bertz CT molecular complexity index is 1790. The van der Waals surface area contributed by atoms with Crippen LogP contribution in [0.15, 0.2) is 60.9 Å². The Hall–Kier alpha value is -3.87. The molecule has 0 fully saturated rings. The smallest absolute Gasteiger partial charge is 0.331 e. The number of aromatic nitrogens is 1. The number of hydrogen-bond acceptors (Lipinski definition) is 10. The molecular formula is C35H37Cl2N3O7S. The van der Waals surface area contributed by atoms with Crippen LogP contribution in [-0.4, -0.2) is 63.5 Å². The molecule has 10 nitrogen and oxygen atoms in total. The second-order valence-electron chi connectivity index (χ2n) is 11.8. The molecule has 5 rings (SSSR count). The number of hydrogen-bond donors (Lipinski definition) is 2. The van der Waals surface area contributed by atoms with Crippen LogP contribution >= 0.6 is 34.5 Å². The number of ether oxygens (including phenoxy) is 3. The molecule has 1 aliphatic carbocycles. The molecule has 0 radical (unpaired) electrons. The Kier molecular flexibility index (Phi) is 11.2. The monoisotopic (exact) mass is 713 g/mol. The van der Waals surface area contributed by atoms with Crippen molar-refractivity contribution in [3.05, 3.63) is 109 Å². The third kappa shape index (κ3) is 7.40. The molecule has 0 saturated heterocycles. The van der Waals surface area contributed by atoms with E-state index in [1.807, 2.05) is 55.4 Å². The number of aryl methyl sites for hydroxylation is 1. The molecule has 48 heavy (non-hydrogen) atoms. The van der Waals surface area contributed by atoms with Crippen molar-refractivity contribution in [2.24, 2.45) is 0 Å². The lowest BCUT2D eigenvalue weighted by Gasteiger charge is -2.29. The first kappa shape index (κ1) is 35.4. The molecule has 2 heterocycles. The Morgan fingerprint density at radius 1 is 1.08 bits per heavy atom. The van der Waals surface area contributed by atoms with Gasteiger partial charge < -0.3 is 29.0 Å². The molecule has 1 aliphatic rings. The van der Waals surface area contributed by atoms with Crippen molar-refractivity contribution in [3.8, 4) is 11.5 Å². The number of rotatable bonds is 14. The van der Waals surface area contributed by atoms with Gasteiger partial charge in [-0.25, -0.2) is 4.79 Å². The number of aromatic carboxylic acids is 1. The van der Waals surface area contributed by atoms with E-state index in [-0.39, 0.29) is 40.5 Å². The zero-order valence-corrected chi connectivity index (χ0v) is 29.4. The van der Waals surface area contributed by atoms with Crippen LogP contribution in [0.5, 0.6) is 11.5 Å². The molecule has 254 valence electrons. The van der Waals surface area contributed by atoms with E-state index < -0.39 is 17.4 Å². The molecule has 4 aromatic rings. The van der Waals surface area contributed by atoms with Gasteiger partial charge in [0, 0.05) is 34.2 Å². The maximum absolute atomic E-state index is 13.7. The van der Waals surface area contributed by atoms with E-state index in [1.54, 1.807) is 12.1 Å². The lowest BCUT2D eigenvalue weighted by Crippen LogP contribution is -2.48. The summed E-state index contributed by atoms with van der Waals surface area (Å²) in [5.74, 6) is -1.32. The molecule has 2 N–H and O–H groups in total. The van der Waals surface area contributed by atoms with Crippen LogP contribution < -0.4 is 24.6 Å². The Balaban J connectivity index is 1.55. The minimum Gasteiger partial charge on any atom is -0.544 e. The Morgan fingerprint density at radius 3 is 2.46 bits per heavy atom. The second-order valence-corrected chi connectivity index (χ2v) is 13.8. The number of carbonyl (C=O) groups excluding carboxylic acids is 2. The molecule has 0 spiro atoms. The minimum absolute atomic E-state index is 0.0291. The number of carbonyl (C=O) groups is 2. The van der Waals surface area contributed by atoms with Gasteiger partial charge in [-0.3, -0.25) is 10.5 Å². The highest BCUT2D eigenvalue weighted by Gasteiger charge is 2.46. The van der Waals surface area contributed by atoms with Gasteiger partial charge in [0.2, 0.25) is 12.4 Å². The summed E-state index contributed by atoms with van der Waals surface area (Å²) in [7, 11) is 6.87. The molecule has 0 saturated carbocycles. The van der Waals surface area contributed by atoms with E-state index in [2.05, 4.69) is 5.32 Å². The van der Waals surface area contributed by atoms with Crippen molar-refractivity contribution in [2.45, 2.75) is 37.3 Å². The largest absolute Gasteiger partial charge is 0.544 e. The minimum atomic E-state index is -1.34. The van der Waals surface area contributed by atoms with Gasteiger partial charge in [0.15, 0.2) is 11.5 Å². The first-order chi connectivity index (χ1) is 23.0. The summed E-state index contributed by atoms with van der Waals surface area (Å²) in [5, 5.41) is 26.5. The fourth-order valence-electron chi connectivity index (χ4n) is 6.14. The number of esters is 1. The van der Waals surface area contributed by atoms with E-state index in [4.69, 9.17) is 37.4 Å². The molecule has 2 aromatic heterocycles. The van der Waals surface area contributed by atoms with Crippen LogP contribution in [0.2, 0.25) is 10.0 Å². The summed E-state index contributed by atoms with van der Waals surface area (Å²) in [4.78, 5) is 29.1. The summed E-state index contributed by atoms with van der Waals surface area (Å²) >= 11 is 14.2. The third-order valence-corrected chi connectivity index (χ3v) is 10.4. The predicted octanol–water partition coefficient (Wildman–Crippen LogP) is 4.37.